The second kappa shape index (κ2) is 35.2. The Morgan fingerprint density at radius 1 is 0.535 bits per heavy atom. The second-order valence-corrected chi connectivity index (χ2v) is 22.4. The number of ether oxygens (including phenoxy) is 4. The molecule has 22 heteroatoms. The van der Waals surface area contributed by atoms with E-state index in [1.165, 1.54) is 35.7 Å². The maximum Gasteiger partial charge on any atom is 0.416 e. The number of halogens is 6. The Morgan fingerprint density at radius 3 is 1.27 bits per heavy atom. The van der Waals surface area contributed by atoms with Crippen molar-refractivity contribution in [2.24, 2.45) is 9.98 Å². The average Bonchev–Trinajstić information content (AvgIpc) is 0.938. The van der Waals surface area contributed by atoms with Gasteiger partial charge in [-0.05, 0) is 177 Å². The van der Waals surface area contributed by atoms with Crippen molar-refractivity contribution < 1.29 is 54.9 Å². The molecule has 0 radical (unpaired) electrons. The number of nitrogens with one attached hydrogen (secondary N) is 2. The van der Waals surface area contributed by atoms with Crippen LogP contribution in [0.25, 0.3) is 0 Å². The Hall–Kier alpha value is -6.66. The molecule has 0 spiro atoms. The summed E-state index contributed by atoms with van der Waals surface area (Å²) in [6.45, 7) is 12.9. The zero-order chi connectivity index (χ0) is 61.9. The quantitative estimate of drug-likeness (QED) is 0.0262. The number of nitriles is 2. The molecule has 0 aromatic heterocycles. The lowest BCUT2D eigenvalue weighted by atomic mass is 9.95. The van der Waals surface area contributed by atoms with Gasteiger partial charge in [0.25, 0.3) is 0 Å². The Labute approximate surface area is 509 Å². The van der Waals surface area contributed by atoms with Gasteiger partial charge in [0.1, 0.15) is 12.1 Å². The molecule has 0 amide bonds. The number of carbonyl (C=O) groups excluding carboxylic acids is 2. The summed E-state index contributed by atoms with van der Waals surface area (Å²) in [5, 5.41) is 26.6. The Kier molecular flexibility index (Phi) is 28.0. The van der Waals surface area contributed by atoms with E-state index in [9.17, 15) is 46.5 Å². The third-order valence-corrected chi connectivity index (χ3v) is 16.1. The highest BCUT2D eigenvalue weighted by Gasteiger charge is 2.39. The van der Waals surface area contributed by atoms with Crippen molar-refractivity contribution in [3.63, 3.8) is 0 Å². The molecule has 0 saturated carbocycles. The third-order valence-electron chi connectivity index (χ3n) is 14.0. The number of hydrogen-bond acceptors (Lipinski definition) is 16. The van der Waals surface area contributed by atoms with E-state index in [1.54, 1.807) is 98.2 Å². The standard InChI is InChI=1S/C64H76F6N8O6S2/c1-5-83-59(79)55-45(3)77(53-21-15-19-51(41-53)63(65,66)67)61(75-57(55)49-27-23-47(43-71)24-28-49)85-39-13-7-9-31-73-33-17-37-81-35-11-12-36-82-38-18-34-74-32-10-8-14-40-86-62-76-58(50-29-25-48(44-72)26-30-50)56(60(80)84-6-2)46(4)78(62)54-22-16-20-52(42-54)64(68,69)70/h15-16,19-30,41-42,57-58,73-74H,5-14,17-18,31-40H2,1-4H3. The predicted octanol–water partition coefficient (Wildman–Crippen LogP) is 14.3. The van der Waals surface area contributed by atoms with Crippen LogP contribution < -0.4 is 20.4 Å². The van der Waals surface area contributed by atoms with Crippen molar-refractivity contribution in [1.82, 2.24) is 10.6 Å². The lowest BCUT2D eigenvalue weighted by molar-refractivity contribution is -0.139. The number of unbranched alkanes of at least 4 members (excludes halogenated alkanes) is 5. The van der Waals surface area contributed by atoms with Crippen molar-refractivity contribution in [2.45, 2.75) is 116 Å². The van der Waals surface area contributed by atoms with Gasteiger partial charge in [0.2, 0.25) is 0 Å². The predicted molar refractivity (Wildman–Crippen MR) is 328 cm³/mol. The van der Waals surface area contributed by atoms with Crippen molar-refractivity contribution in [3.8, 4) is 12.1 Å². The fourth-order valence-electron chi connectivity index (χ4n) is 9.59. The van der Waals surface area contributed by atoms with Crippen LogP contribution in [-0.4, -0.2) is 99.6 Å². The van der Waals surface area contributed by atoms with Crippen molar-refractivity contribution in [2.75, 3.05) is 87.1 Å². The van der Waals surface area contributed by atoms with Gasteiger partial charge < -0.3 is 29.6 Å². The normalized spacial score (nSPS) is 15.5. The number of allylic oxidation sites excluding steroid dienone is 2. The van der Waals surface area contributed by atoms with Gasteiger partial charge in [-0.15, -0.1) is 0 Å². The van der Waals surface area contributed by atoms with Gasteiger partial charge in [-0.3, -0.25) is 9.80 Å². The number of carbonyl (C=O) groups is 2. The molecule has 2 aliphatic heterocycles. The molecule has 2 unspecified atom stereocenters. The molecule has 6 rings (SSSR count). The summed E-state index contributed by atoms with van der Waals surface area (Å²) in [6.07, 6.45) is -0.193. The minimum atomic E-state index is -4.57. The molecule has 0 fully saturated rings. The molecule has 4 aromatic carbocycles. The number of amidine groups is 2. The van der Waals surface area contributed by atoms with E-state index < -0.39 is 47.5 Å². The first-order valence-corrected chi connectivity index (χ1v) is 31.2. The first kappa shape index (κ1) is 68.5. The first-order valence-electron chi connectivity index (χ1n) is 29.2. The number of aliphatic imine (C=N–C) groups is 2. The first-order chi connectivity index (χ1) is 41.5. The number of rotatable bonds is 33. The largest absolute Gasteiger partial charge is 0.463 e. The van der Waals surface area contributed by atoms with Crippen LogP contribution in [-0.2, 0) is 40.9 Å². The van der Waals surface area contributed by atoms with Crippen LogP contribution in [0.2, 0.25) is 0 Å². The number of hydrogen-bond donors (Lipinski definition) is 2. The van der Waals surface area contributed by atoms with Crippen LogP contribution in [0.15, 0.2) is 130 Å². The summed E-state index contributed by atoms with van der Waals surface area (Å²) in [6, 6.07) is 26.1. The molecule has 2 heterocycles. The number of thioether (sulfide) groups is 2. The van der Waals surface area contributed by atoms with Crippen LogP contribution in [0.1, 0.15) is 137 Å². The number of anilines is 2. The highest BCUT2D eigenvalue weighted by molar-refractivity contribution is 8.14. The van der Waals surface area contributed by atoms with E-state index in [-0.39, 0.29) is 35.7 Å². The average molecular weight is 1230 g/mol. The van der Waals surface area contributed by atoms with Crippen LogP contribution in [0.5, 0.6) is 0 Å². The van der Waals surface area contributed by atoms with Crippen LogP contribution >= 0.6 is 23.5 Å². The highest BCUT2D eigenvalue weighted by Crippen LogP contribution is 2.43. The van der Waals surface area contributed by atoms with Crippen LogP contribution in [0.4, 0.5) is 37.7 Å². The molecule has 2 atom stereocenters. The van der Waals surface area contributed by atoms with Crippen LogP contribution in [0.3, 0.4) is 0 Å². The SMILES string of the molecule is CCOC(=O)C1=C(C)N(c2cccc(C(F)(F)F)c2)C(SCCCCCNCCCOCCCCOCCCNCCCCCSC2=NC(c3ccc(C#N)cc3)C(C(=O)OCC)=C(C)N2c2cccc(C(F)(F)F)c2)=NC1c1ccc(C#N)cc1. The summed E-state index contributed by atoms with van der Waals surface area (Å²) in [5.41, 5.74) is 2.27. The number of esters is 2. The van der Waals surface area contributed by atoms with Crippen molar-refractivity contribution in [3.05, 3.63) is 153 Å². The maximum absolute atomic E-state index is 13.9. The van der Waals surface area contributed by atoms with E-state index in [4.69, 9.17) is 28.9 Å². The van der Waals surface area contributed by atoms with Gasteiger partial charge in [0.15, 0.2) is 10.3 Å². The van der Waals surface area contributed by atoms with Crippen LogP contribution in [0, 0.1) is 22.7 Å². The number of alkyl halides is 6. The molecule has 14 nitrogen and oxygen atoms in total. The zero-order valence-corrected chi connectivity index (χ0v) is 50.8. The Morgan fingerprint density at radius 2 is 0.907 bits per heavy atom. The lowest BCUT2D eigenvalue weighted by Gasteiger charge is -2.35. The smallest absolute Gasteiger partial charge is 0.416 e. The van der Waals surface area contributed by atoms with Gasteiger partial charge in [-0.25, -0.2) is 19.6 Å². The summed E-state index contributed by atoms with van der Waals surface area (Å²) in [7, 11) is 0. The molecule has 462 valence electrons. The topological polar surface area (TPSA) is 174 Å². The molecular formula is C64H76F6N8O6S2. The fourth-order valence-corrected chi connectivity index (χ4v) is 11.8. The van der Waals surface area contributed by atoms with E-state index in [2.05, 4.69) is 22.8 Å². The second-order valence-electron chi connectivity index (χ2n) is 20.3. The summed E-state index contributed by atoms with van der Waals surface area (Å²) < 4.78 is 106. The number of nitrogens with zero attached hydrogens (tertiary/aromatic N) is 6. The maximum atomic E-state index is 13.9. The van der Waals surface area contributed by atoms with Gasteiger partial charge in [0, 0.05) is 60.7 Å². The summed E-state index contributed by atoms with van der Waals surface area (Å²) >= 11 is 2.85. The molecule has 2 N–H and O–H groups in total. The van der Waals surface area contributed by atoms with Gasteiger partial charge in [-0.2, -0.15) is 36.9 Å². The van der Waals surface area contributed by atoms with E-state index in [0.29, 0.717) is 81.9 Å². The van der Waals surface area contributed by atoms with E-state index >= 15 is 0 Å². The molecular weight excluding hydrogens is 1150 g/mol. The Balaban J connectivity index is 0.812. The van der Waals surface area contributed by atoms with Crippen molar-refractivity contribution in [1.29, 1.82) is 10.5 Å². The molecule has 0 bridgehead atoms. The van der Waals surface area contributed by atoms with Gasteiger partial charge in [-0.1, -0.05) is 72.8 Å². The monoisotopic (exact) mass is 1230 g/mol. The molecule has 0 saturated heterocycles. The number of benzene rings is 4. The molecule has 0 aliphatic carbocycles. The summed E-state index contributed by atoms with van der Waals surface area (Å²) in [4.78, 5) is 40.1. The minimum Gasteiger partial charge on any atom is -0.463 e. The lowest BCUT2D eigenvalue weighted by Crippen LogP contribution is -2.35. The Bertz CT molecular complexity index is 2850. The zero-order valence-electron chi connectivity index (χ0n) is 49.2. The molecule has 86 heavy (non-hydrogen) atoms. The molecule has 2 aliphatic rings. The van der Waals surface area contributed by atoms with E-state index in [1.807, 2.05) is 0 Å². The fraction of sp³-hybridized carbons (Fsp3) is 0.469. The van der Waals surface area contributed by atoms with E-state index in [0.717, 1.165) is 115 Å². The third kappa shape index (κ3) is 20.5. The van der Waals surface area contributed by atoms with Gasteiger partial charge >= 0.3 is 24.3 Å². The van der Waals surface area contributed by atoms with Gasteiger partial charge in [0.05, 0.1) is 58.8 Å². The molecule has 4 aromatic rings. The highest BCUT2D eigenvalue weighted by atomic mass is 32.2. The van der Waals surface area contributed by atoms with Crippen molar-refractivity contribution >= 4 is 57.2 Å². The summed E-state index contributed by atoms with van der Waals surface area (Å²) in [5.74, 6) is 0.0586. The minimum absolute atomic E-state index is 0.101.